The molecule has 1 aliphatic heterocycles. The summed E-state index contributed by atoms with van der Waals surface area (Å²) in [6, 6.07) is 6.22. The molecule has 1 aromatic carbocycles. The first-order valence-corrected chi connectivity index (χ1v) is 12.0. The van der Waals surface area contributed by atoms with E-state index in [0.29, 0.717) is 11.4 Å². The number of carboxylic acid groups (broad SMARTS) is 1. The van der Waals surface area contributed by atoms with Crippen LogP contribution in [-0.2, 0) is 24.2 Å². The standard InChI is InChI=1S/C21H30ClNO6S/c1-5-16(10-11-30(27,28)21(2,3)4)23-17(14-6-8-15(22)9-7-14)13-29-18(20(23)26)12-19(24)25/h6-9,16-18H,5,10-13H2,1-4H3,(H,24,25)/t16-,17?,18+/m0/s1. The zero-order chi connectivity index (χ0) is 22.7. The van der Waals surface area contributed by atoms with Gasteiger partial charge in [0.2, 0.25) is 0 Å². The van der Waals surface area contributed by atoms with Crippen molar-refractivity contribution < 1.29 is 27.9 Å². The van der Waals surface area contributed by atoms with Crippen LogP contribution in [0.25, 0.3) is 0 Å². The van der Waals surface area contributed by atoms with Gasteiger partial charge in [0, 0.05) is 11.1 Å². The Morgan fingerprint density at radius 1 is 1.30 bits per heavy atom. The molecule has 1 saturated heterocycles. The monoisotopic (exact) mass is 459 g/mol. The van der Waals surface area contributed by atoms with Gasteiger partial charge in [0.15, 0.2) is 9.84 Å². The molecule has 0 aliphatic carbocycles. The van der Waals surface area contributed by atoms with Crippen molar-refractivity contribution in [3.63, 3.8) is 0 Å². The zero-order valence-corrected chi connectivity index (χ0v) is 19.4. The number of halogens is 1. The van der Waals surface area contributed by atoms with E-state index in [1.165, 1.54) is 0 Å². The third-order valence-corrected chi connectivity index (χ3v) is 8.34. The highest BCUT2D eigenvalue weighted by Gasteiger charge is 2.41. The van der Waals surface area contributed by atoms with Crippen LogP contribution in [0.5, 0.6) is 0 Å². The fraction of sp³-hybridized carbons (Fsp3) is 0.619. The van der Waals surface area contributed by atoms with Crippen LogP contribution in [0.15, 0.2) is 24.3 Å². The molecule has 1 aliphatic rings. The minimum absolute atomic E-state index is 0.0589. The number of hydrogen-bond donors (Lipinski definition) is 1. The number of carboxylic acids is 1. The minimum Gasteiger partial charge on any atom is -0.481 e. The molecule has 1 amide bonds. The number of carbonyl (C=O) groups excluding carboxylic acids is 1. The smallest absolute Gasteiger partial charge is 0.306 e. The summed E-state index contributed by atoms with van der Waals surface area (Å²) in [7, 11) is -3.36. The van der Waals surface area contributed by atoms with Crippen LogP contribution in [0, 0.1) is 0 Å². The average molecular weight is 460 g/mol. The Morgan fingerprint density at radius 2 is 1.90 bits per heavy atom. The fourth-order valence-electron chi connectivity index (χ4n) is 3.50. The number of nitrogens with zero attached hydrogens (tertiary/aromatic N) is 1. The number of rotatable bonds is 8. The minimum atomic E-state index is -3.36. The maximum Gasteiger partial charge on any atom is 0.306 e. The van der Waals surface area contributed by atoms with Gasteiger partial charge in [-0.2, -0.15) is 0 Å². The summed E-state index contributed by atoms with van der Waals surface area (Å²) in [6.07, 6.45) is -0.709. The van der Waals surface area contributed by atoms with E-state index in [1.807, 2.05) is 6.92 Å². The molecule has 0 radical (unpaired) electrons. The Balaban J connectivity index is 2.35. The van der Waals surface area contributed by atoms with E-state index in [1.54, 1.807) is 49.9 Å². The van der Waals surface area contributed by atoms with Crippen molar-refractivity contribution in [1.82, 2.24) is 4.90 Å². The Hall–Kier alpha value is -1.64. The highest BCUT2D eigenvalue weighted by molar-refractivity contribution is 7.92. The molecule has 9 heteroatoms. The van der Waals surface area contributed by atoms with Crippen LogP contribution in [-0.4, -0.2) is 59.6 Å². The van der Waals surface area contributed by atoms with E-state index >= 15 is 0 Å². The van der Waals surface area contributed by atoms with Crippen LogP contribution in [0.2, 0.25) is 5.02 Å². The molecule has 1 N–H and O–H groups in total. The maximum absolute atomic E-state index is 13.2. The summed E-state index contributed by atoms with van der Waals surface area (Å²) in [5.74, 6) is -1.61. The molecule has 168 valence electrons. The van der Waals surface area contributed by atoms with Crippen molar-refractivity contribution >= 4 is 33.3 Å². The molecule has 0 spiro atoms. The predicted molar refractivity (Wildman–Crippen MR) is 115 cm³/mol. The zero-order valence-electron chi connectivity index (χ0n) is 17.8. The van der Waals surface area contributed by atoms with Crippen LogP contribution in [0.3, 0.4) is 0 Å². The largest absolute Gasteiger partial charge is 0.481 e. The van der Waals surface area contributed by atoms with Gasteiger partial charge in [-0.3, -0.25) is 9.59 Å². The number of sulfone groups is 1. The molecule has 7 nitrogen and oxygen atoms in total. The van der Waals surface area contributed by atoms with Gasteiger partial charge in [-0.25, -0.2) is 8.42 Å². The van der Waals surface area contributed by atoms with Gasteiger partial charge in [0.1, 0.15) is 6.10 Å². The maximum atomic E-state index is 13.2. The summed E-state index contributed by atoms with van der Waals surface area (Å²) in [6.45, 7) is 6.99. The molecule has 1 unspecified atom stereocenters. The highest BCUT2D eigenvalue weighted by Crippen LogP contribution is 2.33. The van der Waals surface area contributed by atoms with Crippen molar-refractivity contribution in [1.29, 1.82) is 0 Å². The summed E-state index contributed by atoms with van der Waals surface area (Å²) in [5.41, 5.74) is 0.804. The lowest BCUT2D eigenvalue weighted by molar-refractivity contribution is -0.169. The number of ether oxygens (including phenoxy) is 1. The van der Waals surface area contributed by atoms with Crippen molar-refractivity contribution in [2.24, 2.45) is 0 Å². The number of morpholine rings is 1. The number of amides is 1. The first kappa shape index (κ1) is 24.6. The van der Waals surface area contributed by atoms with Gasteiger partial charge < -0.3 is 14.7 Å². The first-order chi connectivity index (χ1) is 13.9. The molecular formula is C21H30ClNO6S. The van der Waals surface area contributed by atoms with Crippen molar-refractivity contribution in [3.8, 4) is 0 Å². The van der Waals surface area contributed by atoms with Crippen molar-refractivity contribution in [2.75, 3.05) is 12.4 Å². The molecule has 1 aromatic rings. The van der Waals surface area contributed by atoms with Gasteiger partial charge >= 0.3 is 5.97 Å². The summed E-state index contributed by atoms with van der Waals surface area (Å²) >= 11 is 5.98. The van der Waals surface area contributed by atoms with Crippen LogP contribution in [0.4, 0.5) is 0 Å². The fourth-order valence-corrected chi connectivity index (χ4v) is 4.82. The van der Waals surface area contributed by atoms with E-state index in [4.69, 9.17) is 21.4 Å². The lowest BCUT2D eigenvalue weighted by Gasteiger charge is -2.44. The van der Waals surface area contributed by atoms with Gasteiger partial charge in [0.25, 0.3) is 5.91 Å². The summed E-state index contributed by atoms with van der Waals surface area (Å²) in [4.78, 5) is 26.0. The van der Waals surface area contributed by atoms with E-state index in [2.05, 4.69) is 0 Å². The normalized spacial score (nSPS) is 21.5. The van der Waals surface area contributed by atoms with Crippen LogP contribution < -0.4 is 0 Å². The lowest BCUT2D eigenvalue weighted by Crippen LogP contribution is -2.54. The molecular weight excluding hydrogens is 430 g/mol. The predicted octanol–water partition coefficient (Wildman–Crippen LogP) is 3.47. The molecule has 3 atom stereocenters. The molecule has 0 saturated carbocycles. The number of carbonyl (C=O) groups is 2. The second-order valence-electron chi connectivity index (χ2n) is 8.51. The molecule has 2 rings (SSSR count). The second-order valence-corrected chi connectivity index (χ2v) is 11.8. The Kier molecular flexibility index (Phi) is 7.93. The SMILES string of the molecule is CC[C@@H](CCS(=O)(=O)C(C)(C)C)N1C(=O)[C@@H](CC(=O)O)OCC1c1ccc(Cl)cc1. The molecule has 0 bridgehead atoms. The van der Waals surface area contributed by atoms with Crippen molar-refractivity contribution in [3.05, 3.63) is 34.9 Å². The first-order valence-electron chi connectivity index (χ1n) is 10.0. The number of benzene rings is 1. The van der Waals surface area contributed by atoms with E-state index < -0.39 is 45.0 Å². The van der Waals surface area contributed by atoms with Gasteiger partial charge in [-0.05, 0) is 51.3 Å². The third kappa shape index (κ3) is 5.74. The molecule has 30 heavy (non-hydrogen) atoms. The van der Waals surface area contributed by atoms with Gasteiger partial charge in [-0.1, -0.05) is 30.7 Å². The quantitative estimate of drug-likeness (QED) is 0.638. The summed E-state index contributed by atoms with van der Waals surface area (Å²) in [5, 5.41) is 9.69. The van der Waals surface area contributed by atoms with Gasteiger partial charge in [-0.15, -0.1) is 0 Å². The Labute approximate surface area is 183 Å². The highest BCUT2D eigenvalue weighted by atomic mass is 35.5. The van der Waals surface area contributed by atoms with Crippen LogP contribution in [0.1, 0.15) is 58.6 Å². The lowest BCUT2D eigenvalue weighted by atomic mass is 9.97. The van der Waals surface area contributed by atoms with Gasteiger partial charge in [0.05, 0.1) is 29.6 Å². The Bertz CT molecular complexity index is 862. The van der Waals surface area contributed by atoms with E-state index in [0.717, 1.165) is 5.56 Å². The second kappa shape index (κ2) is 9.66. The summed E-state index contributed by atoms with van der Waals surface area (Å²) < 4.78 is 29.9. The topological polar surface area (TPSA) is 101 Å². The van der Waals surface area contributed by atoms with E-state index in [9.17, 15) is 18.0 Å². The average Bonchev–Trinajstić information content (AvgIpc) is 2.64. The Morgan fingerprint density at radius 3 is 2.40 bits per heavy atom. The number of aliphatic carboxylic acids is 1. The van der Waals surface area contributed by atoms with E-state index in [-0.39, 0.29) is 24.8 Å². The molecule has 0 aromatic heterocycles. The molecule has 1 fully saturated rings. The van der Waals surface area contributed by atoms with Crippen molar-refractivity contribution in [2.45, 2.75) is 69.9 Å². The van der Waals surface area contributed by atoms with Crippen LogP contribution >= 0.6 is 11.6 Å². The number of hydrogen-bond acceptors (Lipinski definition) is 5. The molecule has 1 heterocycles. The third-order valence-electron chi connectivity index (χ3n) is 5.45.